The molecule has 7 N–H and O–H groups in total. The van der Waals surface area contributed by atoms with E-state index in [1.54, 1.807) is 6.08 Å². The highest BCUT2D eigenvalue weighted by Crippen LogP contribution is 2.26. The summed E-state index contributed by atoms with van der Waals surface area (Å²) < 4.78 is 47.5. The van der Waals surface area contributed by atoms with Crippen molar-refractivity contribution in [2.24, 2.45) is 0 Å². The van der Waals surface area contributed by atoms with Crippen LogP contribution in [0.2, 0.25) is 0 Å². The third kappa shape index (κ3) is 30.4. The summed E-state index contributed by atoms with van der Waals surface area (Å²) in [6.07, 6.45) is 33.7. The molecule has 1 amide bonds. The molecule has 1 heterocycles. The number of aliphatic hydroxyl groups excluding tert-OH is 5. The molecule has 13 nitrogen and oxygen atoms in total. The van der Waals surface area contributed by atoms with Crippen LogP contribution in [-0.4, -0.2) is 107 Å². The van der Waals surface area contributed by atoms with Crippen molar-refractivity contribution in [2.75, 3.05) is 13.2 Å². The highest BCUT2D eigenvalue weighted by Gasteiger charge is 2.48. The van der Waals surface area contributed by atoms with Crippen molar-refractivity contribution < 1.29 is 57.0 Å². The number of carbonyl (C=O) groups is 1. The molecule has 364 valence electrons. The molecule has 1 fully saturated rings. The molecular formula is C48H89NO12S. The standard InChI is InChI=1S/C48H89NO12S/c1-3-5-7-9-11-13-15-17-18-19-20-21-22-23-25-26-28-30-32-34-36-41(51)40(39-59-48-45(54)46(61-62(56,57)58)44(53)43(38-50)60-48)49-47(55)42(52)37-35-33-31-29-27-24-16-14-12-10-8-6-4-2/h21-22,26,28,34,36,40-46,48,50-54H,3-20,23-25,27,29-33,35,37-39H2,1-2H3,(H,49,55)(H,56,57,58)/b22-21+,28-26+,36-34+. The maximum Gasteiger partial charge on any atom is 0.397 e. The van der Waals surface area contributed by atoms with E-state index in [9.17, 15) is 43.3 Å². The van der Waals surface area contributed by atoms with Gasteiger partial charge in [-0.2, -0.15) is 8.42 Å². The lowest BCUT2D eigenvalue weighted by Gasteiger charge is -2.41. The van der Waals surface area contributed by atoms with Crippen molar-refractivity contribution in [3.63, 3.8) is 0 Å². The van der Waals surface area contributed by atoms with Gasteiger partial charge >= 0.3 is 10.4 Å². The number of carbonyl (C=O) groups excluding carboxylic acids is 1. The van der Waals surface area contributed by atoms with E-state index in [0.29, 0.717) is 12.8 Å². The molecule has 0 aromatic heterocycles. The summed E-state index contributed by atoms with van der Waals surface area (Å²) >= 11 is 0. The fraction of sp³-hybridized carbons (Fsp3) is 0.854. The molecular weight excluding hydrogens is 815 g/mol. The van der Waals surface area contributed by atoms with Gasteiger partial charge in [0.2, 0.25) is 5.91 Å². The van der Waals surface area contributed by atoms with E-state index in [4.69, 9.17) is 9.47 Å². The van der Waals surface area contributed by atoms with Gasteiger partial charge in [-0.25, -0.2) is 4.18 Å². The SMILES string of the molecule is CCCCCCCCCCCC/C=C/CC/C=C/CC/C=C/C(O)C(COC1OC(CO)C(O)C(OS(=O)(=O)O)C1O)NC(=O)C(O)CCCCCCCCCCCCCCC. The van der Waals surface area contributed by atoms with Crippen LogP contribution in [0.3, 0.4) is 0 Å². The van der Waals surface area contributed by atoms with E-state index in [0.717, 1.165) is 44.9 Å². The van der Waals surface area contributed by atoms with Crippen molar-refractivity contribution in [3.8, 4) is 0 Å². The Labute approximate surface area is 376 Å². The van der Waals surface area contributed by atoms with Gasteiger partial charge in [0.1, 0.15) is 30.5 Å². The van der Waals surface area contributed by atoms with Crippen LogP contribution >= 0.6 is 0 Å². The first-order valence-electron chi connectivity index (χ1n) is 24.5. The average Bonchev–Trinajstić information content (AvgIpc) is 3.24. The molecule has 0 saturated carbocycles. The lowest BCUT2D eigenvalue weighted by Crippen LogP contribution is -2.61. The summed E-state index contributed by atoms with van der Waals surface area (Å²) in [5, 5.41) is 55.2. The Morgan fingerprint density at radius 1 is 0.645 bits per heavy atom. The minimum absolute atomic E-state index is 0.236. The van der Waals surface area contributed by atoms with Crippen molar-refractivity contribution in [2.45, 2.75) is 249 Å². The Hall–Kier alpha value is -1.72. The van der Waals surface area contributed by atoms with Crippen LogP contribution in [0.25, 0.3) is 0 Å². The lowest BCUT2D eigenvalue weighted by molar-refractivity contribution is -0.298. The monoisotopic (exact) mass is 904 g/mol. The molecule has 1 aliphatic rings. The van der Waals surface area contributed by atoms with E-state index in [-0.39, 0.29) is 6.42 Å². The highest BCUT2D eigenvalue weighted by molar-refractivity contribution is 7.80. The molecule has 1 rings (SSSR count). The van der Waals surface area contributed by atoms with Gasteiger partial charge in [0.05, 0.1) is 25.4 Å². The number of ether oxygens (including phenoxy) is 2. The number of nitrogens with one attached hydrogen (secondary N) is 1. The quantitative estimate of drug-likeness (QED) is 0.0174. The van der Waals surface area contributed by atoms with Crippen LogP contribution in [0.4, 0.5) is 0 Å². The van der Waals surface area contributed by atoms with E-state index >= 15 is 0 Å². The van der Waals surface area contributed by atoms with Crippen LogP contribution in [0.15, 0.2) is 36.5 Å². The molecule has 1 saturated heterocycles. The number of hydrogen-bond acceptors (Lipinski definition) is 11. The Morgan fingerprint density at radius 2 is 1.08 bits per heavy atom. The van der Waals surface area contributed by atoms with Gasteiger partial charge in [-0.15, -0.1) is 0 Å². The summed E-state index contributed by atoms with van der Waals surface area (Å²) in [5.74, 6) is -0.716. The van der Waals surface area contributed by atoms with Crippen molar-refractivity contribution in [1.29, 1.82) is 0 Å². The number of aliphatic hydroxyl groups is 5. The number of hydrogen-bond donors (Lipinski definition) is 7. The third-order valence-corrected chi connectivity index (χ3v) is 12.0. The Balaban J connectivity index is 2.59. The van der Waals surface area contributed by atoms with Crippen LogP contribution in [0, 0.1) is 0 Å². The van der Waals surface area contributed by atoms with Gasteiger partial charge in [0, 0.05) is 0 Å². The van der Waals surface area contributed by atoms with E-state index in [1.165, 1.54) is 128 Å². The first-order valence-corrected chi connectivity index (χ1v) is 25.8. The first kappa shape index (κ1) is 58.3. The molecule has 1 aliphatic heterocycles. The molecule has 8 atom stereocenters. The summed E-state index contributed by atoms with van der Waals surface area (Å²) in [6, 6.07) is -1.14. The zero-order chi connectivity index (χ0) is 45.7. The number of unbranched alkanes of at least 4 members (excludes halogenated alkanes) is 24. The summed E-state index contributed by atoms with van der Waals surface area (Å²) in [4.78, 5) is 13.1. The molecule has 0 aromatic carbocycles. The second-order valence-electron chi connectivity index (χ2n) is 17.2. The number of allylic oxidation sites excluding steroid dienone is 5. The maximum absolute atomic E-state index is 13.1. The second kappa shape index (κ2) is 38.5. The molecule has 0 aliphatic carbocycles. The molecule has 0 aromatic rings. The van der Waals surface area contributed by atoms with Gasteiger partial charge in [-0.05, 0) is 44.9 Å². The predicted octanol–water partition coefficient (Wildman–Crippen LogP) is 8.86. The highest BCUT2D eigenvalue weighted by atomic mass is 32.3. The minimum atomic E-state index is -5.12. The Bertz CT molecular complexity index is 1260. The molecule has 0 spiro atoms. The van der Waals surface area contributed by atoms with E-state index in [1.807, 2.05) is 0 Å². The number of rotatable bonds is 41. The third-order valence-electron chi connectivity index (χ3n) is 11.5. The Morgan fingerprint density at radius 3 is 1.55 bits per heavy atom. The zero-order valence-electron chi connectivity index (χ0n) is 38.5. The average molecular weight is 904 g/mol. The van der Waals surface area contributed by atoms with Gasteiger partial charge in [-0.1, -0.05) is 192 Å². The van der Waals surface area contributed by atoms with Crippen molar-refractivity contribution in [1.82, 2.24) is 5.32 Å². The molecule has 8 unspecified atom stereocenters. The van der Waals surface area contributed by atoms with E-state index in [2.05, 4.69) is 47.7 Å². The van der Waals surface area contributed by atoms with Gasteiger partial charge in [0.25, 0.3) is 0 Å². The molecule has 0 radical (unpaired) electrons. The van der Waals surface area contributed by atoms with Crippen molar-refractivity contribution in [3.05, 3.63) is 36.5 Å². The fourth-order valence-corrected chi connectivity index (χ4v) is 8.12. The first-order chi connectivity index (χ1) is 29.9. The molecule has 0 bridgehead atoms. The molecule has 62 heavy (non-hydrogen) atoms. The zero-order valence-corrected chi connectivity index (χ0v) is 39.4. The summed E-state index contributed by atoms with van der Waals surface area (Å²) in [6.45, 7) is 3.19. The summed E-state index contributed by atoms with van der Waals surface area (Å²) in [5.41, 5.74) is 0. The second-order valence-corrected chi connectivity index (χ2v) is 18.2. The normalized spacial score (nSPS) is 21.3. The predicted molar refractivity (Wildman–Crippen MR) is 247 cm³/mol. The van der Waals surface area contributed by atoms with Crippen LogP contribution in [0.1, 0.15) is 200 Å². The van der Waals surface area contributed by atoms with Crippen LogP contribution in [-0.2, 0) is 28.9 Å². The number of amides is 1. The smallest absolute Gasteiger partial charge is 0.394 e. The van der Waals surface area contributed by atoms with Gasteiger partial charge in [0.15, 0.2) is 6.29 Å². The summed E-state index contributed by atoms with van der Waals surface area (Å²) in [7, 11) is -5.12. The van der Waals surface area contributed by atoms with Crippen LogP contribution in [0.5, 0.6) is 0 Å². The topological polar surface area (TPSA) is 212 Å². The van der Waals surface area contributed by atoms with Crippen LogP contribution < -0.4 is 5.32 Å². The maximum atomic E-state index is 13.1. The van der Waals surface area contributed by atoms with Crippen molar-refractivity contribution >= 4 is 16.3 Å². The van der Waals surface area contributed by atoms with Gasteiger partial charge < -0.3 is 40.3 Å². The van der Waals surface area contributed by atoms with E-state index < -0.39 is 78.5 Å². The fourth-order valence-electron chi connectivity index (χ4n) is 7.61. The molecule has 14 heteroatoms. The lowest BCUT2D eigenvalue weighted by atomic mass is 9.99. The Kier molecular flexibility index (Phi) is 36.2. The van der Waals surface area contributed by atoms with Gasteiger partial charge in [-0.3, -0.25) is 9.35 Å². The minimum Gasteiger partial charge on any atom is -0.394 e. The largest absolute Gasteiger partial charge is 0.397 e.